The third-order valence-electron chi connectivity index (χ3n) is 3.38. The lowest BCUT2D eigenvalue weighted by atomic mass is 10.1. The highest BCUT2D eigenvalue weighted by molar-refractivity contribution is 7.90. The summed E-state index contributed by atoms with van der Waals surface area (Å²) in [5.41, 5.74) is -2.85. The zero-order valence-corrected chi connectivity index (χ0v) is 15.1. The van der Waals surface area contributed by atoms with Crippen LogP contribution in [0.3, 0.4) is 0 Å². The molecule has 0 spiro atoms. The van der Waals surface area contributed by atoms with Crippen molar-refractivity contribution in [1.82, 2.24) is 0 Å². The maximum absolute atomic E-state index is 13.0. The number of halogens is 3. The molecule has 2 aromatic rings. The molecule has 0 aromatic heterocycles. The molecule has 0 aliphatic heterocycles. The van der Waals surface area contributed by atoms with Crippen LogP contribution in [0.2, 0.25) is 0 Å². The monoisotopic (exact) mass is 422 g/mol. The number of benzene rings is 2. The molecule has 12 heteroatoms. The Morgan fingerprint density at radius 1 is 1.11 bits per heavy atom. The van der Waals surface area contributed by atoms with E-state index in [2.05, 4.69) is 0 Å². The van der Waals surface area contributed by atoms with Gasteiger partial charge in [0.15, 0.2) is 9.84 Å². The molecule has 0 saturated heterocycles. The van der Waals surface area contributed by atoms with Crippen LogP contribution >= 0.6 is 0 Å². The smallest absolute Gasteiger partial charge is 0.416 e. The summed E-state index contributed by atoms with van der Waals surface area (Å²) in [5, 5.41) is 9.01. The molecule has 0 aliphatic rings. The summed E-state index contributed by atoms with van der Waals surface area (Å²) in [5.74, 6) is -1.67. The van der Waals surface area contributed by atoms with Crippen molar-refractivity contribution in [2.75, 3.05) is 10.6 Å². The van der Waals surface area contributed by atoms with Crippen molar-refractivity contribution >= 4 is 38.4 Å². The van der Waals surface area contributed by atoms with Crippen LogP contribution in [-0.4, -0.2) is 34.5 Å². The maximum atomic E-state index is 13.0. The summed E-state index contributed by atoms with van der Waals surface area (Å²) in [4.78, 5) is 11.0. The van der Waals surface area contributed by atoms with Gasteiger partial charge in [0.2, 0.25) is 0 Å². The molecular weight excluding hydrogens is 411 g/mol. The van der Waals surface area contributed by atoms with Gasteiger partial charge in [-0.05, 0) is 42.5 Å². The molecule has 0 fully saturated rings. The number of sulfone groups is 1. The average molecular weight is 422 g/mol. The summed E-state index contributed by atoms with van der Waals surface area (Å²) in [6.07, 6.45) is -3.98. The molecule has 1 N–H and O–H groups in total. The molecule has 7 nitrogen and oxygen atoms in total. The first-order chi connectivity index (χ1) is 12.3. The van der Waals surface area contributed by atoms with Crippen LogP contribution in [-0.2, 0) is 27.3 Å². The highest BCUT2D eigenvalue weighted by atomic mass is 32.2. The van der Waals surface area contributed by atoms with E-state index in [1.54, 1.807) is 0 Å². The fraction of sp³-hybridized carbons (Fsp3) is 0.133. The molecule has 1 unspecified atom stereocenters. The Morgan fingerprint density at radius 3 is 2.07 bits per heavy atom. The Balaban J connectivity index is 2.65. The number of carboxylic acids is 1. The Labute approximate surface area is 154 Å². The molecule has 0 radical (unpaired) electrons. The Morgan fingerprint density at radius 2 is 1.67 bits per heavy atom. The quantitative estimate of drug-likeness (QED) is 0.741. The van der Waals surface area contributed by atoms with Gasteiger partial charge in [-0.1, -0.05) is 0 Å². The zero-order chi connectivity index (χ0) is 20.6. The summed E-state index contributed by atoms with van der Waals surface area (Å²) in [6.45, 7) is 0. The number of hydrogen-bond acceptors (Lipinski definition) is 5. The zero-order valence-electron chi connectivity index (χ0n) is 13.4. The minimum atomic E-state index is -4.91. The van der Waals surface area contributed by atoms with E-state index in [1.807, 2.05) is 0 Å². The van der Waals surface area contributed by atoms with Gasteiger partial charge >= 0.3 is 12.1 Å². The van der Waals surface area contributed by atoms with Crippen molar-refractivity contribution in [2.45, 2.75) is 11.1 Å². The Bertz CT molecular complexity index is 1000. The molecule has 1 atom stereocenters. The second-order valence-corrected chi connectivity index (χ2v) is 8.16. The number of rotatable bonds is 5. The van der Waals surface area contributed by atoms with E-state index in [-0.39, 0.29) is 10.6 Å². The molecule has 0 saturated carbocycles. The first kappa shape index (κ1) is 20.9. The standard InChI is InChI=1S/C15H12F3NO6S2/c1-27(24,25)13-4-2-11(3-5-13)19(26(22)23)12-7-9(14(20)21)6-10(8-12)15(16,17)18/h2-8H,1H3,(H,20,21)(H,22,23)/p-1. The van der Waals surface area contributed by atoms with Crippen LogP contribution in [0.5, 0.6) is 0 Å². The summed E-state index contributed by atoms with van der Waals surface area (Å²) in [6, 6.07) is 5.93. The van der Waals surface area contributed by atoms with Gasteiger partial charge in [-0.15, -0.1) is 0 Å². The largest absolute Gasteiger partial charge is 0.755 e. The van der Waals surface area contributed by atoms with Crippen molar-refractivity contribution < 1.29 is 40.3 Å². The molecule has 0 amide bonds. The van der Waals surface area contributed by atoms with Gasteiger partial charge in [0.1, 0.15) is 0 Å². The van der Waals surface area contributed by atoms with Crippen LogP contribution < -0.4 is 4.31 Å². The van der Waals surface area contributed by atoms with E-state index in [9.17, 15) is 35.1 Å². The fourth-order valence-electron chi connectivity index (χ4n) is 2.17. The lowest BCUT2D eigenvalue weighted by Crippen LogP contribution is -2.21. The predicted octanol–water partition coefficient (Wildman–Crippen LogP) is 2.74. The van der Waals surface area contributed by atoms with Crippen LogP contribution in [0, 0.1) is 0 Å². The van der Waals surface area contributed by atoms with Gasteiger partial charge in [0, 0.05) is 6.26 Å². The number of alkyl halides is 3. The molecule has 0 aliphatic carbocycles. The summed E-state index contributed by atoms with van der Waals surface area (Å²) < 4.78 is 85.7. The number of nitrogens with zero attached hydrogens (tertiary/aromatic N) is 1. The SMILES string of the molecule is CS(=O)(=O)c1ccc(N(c2cc(C(=O)O)cc(C(F)(F)F)c2)S(=O)[O-])cc1. The van der Waals surface area contributed by atoms with Crippen molar-refractivity contribution in [3.63, 3.8) is 0 Å². The highest BCUT2D eigenvalue weighted by Crippen LogP contribution is 2.36. The number of carboxylic acid groups (broad SMARTS) is 1. The van der Waals surface area contributed by atoms with Gasteiger partial charge in [-0.3, -0.25) is 8.51 Å². The van der Waals surface area contributed by atoms with Gasteiger partial charge in [0.25, 0.3) is 0 Å². The van der Waals surface area contributed by atoms with Crippen molar-refractivity contribution in [2.24, 2.45) is 0 Å². The van der Waals surface area contributed by atoms with Crippen LogP contribution in [0.4, 0.5) is 24.5 Å². The Kier molecular flexibility index (Phi) is 5.63. The minimum Gasteiger partial charge on any atom is -0.755 e. The molecule has 0 bridgehead atoms. The van der Waals surface area contributed by atoms with Gasteiger partial charge < -0.3 is 9.66 Å². The lowest BCUT2D eigenvalue weighted by molar-refractivity contribution is -0.137. The topological polar surface area (TPSA) is 115 Å². The third kappa shape index (κ3) is 4.84. The molecular formula is C15H11F3NO6S2-. The van der Waals surface area contributed by atoms with E-state index < -0.39 is 50.1 Å². The van der Waals surface area contributed by atoms with Crippen LogP contribution in [0.25, 0.3) is 0 Å². The molecule has 27 heavy (non-hydrogen) atoms. The Hall–Kier alpha value is -2.44. The van der Waals surface area contributed by atoms with Gasteiger partial charge in [0.05, 0.1) is 38.7 Å². The first-order valence-corrected chi connectivity index (χ1v) is 9.88. The number of hydrogen-bond donors (Lipinski definition) is 1. The average Bonchev–Trinajstić information content (AvgIpc) is 2.53. The van der Waals surface area contributed by atoms with Gasteiger partial charge in [-0.25, -0.2) is 13.2 Å². The second kappa shape index (κ2) is 7.29. The number of anilines is 2. The maximum Gasteiger partial charge on any atom is 0.416 e. The van der Waals surface area contributed by atoms with Crippen molar-refractivity contribution in [3.8, 4) is 0 Å². The summed E-state index contributed by atoms with van der Waals surface area (Å²) >= 11 is -3.12. The van der Waals surface area contributed by atoms with E-state index in [1.165, 1.54) is 0 Å². The predicted molar refractivity (Wildman–Crippen MR) is 89.0 cm³/mol. The van der Waals surface area contributed by atoms with Crippen molar-refractivity contribution in [1.29, 1.82) is 0 Å². The number of carbonyl (C=O) groups is 1. The van der Waals surface area contributed by atoms with Crippen molar-refractivity contribution in [3.05, 3.63) is 53.6 Å². The van der Waals surface area contributed by atoms with E-state index >= 15 is 0 Å². The molecule has 2 rings (SSSR count). The molecule has 0 heterocycles. The lowest BCUT2D eigenvalue weighted by Gasteiger charge is -2.27. The third-order valence-corrected chi connectivity index (χ3v) is 5.22. The molecule has 2 aromatic carbocycles. The fourth-order valence-corrected chi connectivity index (χ4v) is 3.37. The highest BCUT2D eigenvalue weighted by Gasteiger charge is 2.32. The van der Waals surface area contributed by atoms with Crippen LogP contribution in [0.15, 0.2) is 47.4 Å². The normalized spacial score (nSPS) is 13.2. The second-order valence-electron chi connectivity index (χ2n) is 5.35. The number of aromatic carboxylic acids is 1. The first-order valence-electron chi connectivity index (χ1n) is 6.96. The van der Waals surface area contributed by atoms with Gasteiger partial charge in [-0.2, -0.15) is 13.2 Å². The van der Waals surface area contributed by atoms with E-state index in [4.69, 9.17) is 5.11 Å². The van der Waals surface area contributed by atoms with E-state index in [0.717, 1.165) is 36.6 Å². The van der Waals surface area contributed by atoms with Crippen LogP contribution in [0.1, 0.15) is 15.9 Å². The molecule has 146 valence electrons. The van der Waals surface area contributed by atoms with E-state index in [0.29, 0.717) is 16.4 Å². The summed E-state index contributed by atoms with van der Waals surface area (Å²) in [7, 11) is -3.57. The minimum absolute atomic E-state index is 0.127.